The number of hydrogen-bond donors (Lipinski definition) is 2. The zero-order valence-corrected chi connectivity index (χ0v) is 15.6. The van der Waals surface area contributed by atoms with Crippen LogP contribution in [0.1, 0.15) is 18.9 Å². The van der Waals surface area contributed by atoms with Crippen molar-refractivity contribution in [1.82, 2.24) is 10.6 Å². The van der Waals surface area contributed by atoms with Crippen molar-refractivity contribution < 1.29 is 19.1 Å². The molecule has 0 aliphatic heterocycles. The second kappa shape index (κ2) is 10.2. The van der Waals surface area contributed by atoms with E-state index in [9.17, 15) is 14.4 Å². The van der Waals surface area contributed by atoms with Gasteiger partial charge in [0.1, 0.15) is 6.61 Å². The molecule has 1 rings (SSSR count). The lowest BCUT2D eigenvalue weighted by Gasteiger charge is -2.30. The van der Waals surface area contributed by atoms with E-state index in [-0.39, 0.29) is 30.6 Å². The summed E-state index contributed by atoms with van der Waals surface area (Å²) in [6.45, 7) is 1.75. The molecular formula is C16H22N2O4S2. The van der Waals surface area contributed by atoms with E-state index in [0.29, 0.717) is 0 Å². The Morgan fingerprint density at radius 2 is 1.83 bits per heavy atom. The number of hydrogen-bond acceptors (Lipinski definition) is 6. The predicted octanol–water partition coefficient (Wildman–Crippen LogP) is 2.39. The maximum absolute atomic E-state index is 12.2. The smallest absolute Gasteiger partial charge is 0.407 e. The minimum absolute atomic E-state index is 0.162. The molecule has 24 heavy (non-hydrogen) atoms. The number of carbonyl (C=O) groups excluding carboxylic acids is 3. The van der Waals surface area contributed by atoms with Crippen molar-refractivity contribution >= 4 is 40.6 Å². The summed E-state index contributed by atoms with van der Waals surface area (Å²) >= 11 is 2.29. The van der Waals surface area contributed by atoms with Crippen LogP contribution in [0.5, 0.6) is 0 Å². The van der Waals surface area contributed by atoms with Crippen molar-refractivity contribution in [3.8, 4) is 0 Å². The predicted molar refractivity (Wildman–Crippen MR) is 97.8 cm³/mol. The number of rotatable bonds is 8. The van der Waals surface area contributed by atoms with Crippen LogP contribution in [0, 0.1) is 0 Å². The van der Waals surface area contributed by atoms with Crippen molar-refractivity contribution in [3.05, 3.63) is 35.9 Å². The molecule has 8 heteroatoms. The highest BCUT2D eigenvalue weighted by Crippen LogP contribution is 2.28. The first-order valence-electron chi connectivity index (χ1n) is 7.30. The first-order chi connectivity index (χ1) is 11.4. The fourth-order valence-corrected chi connectivity index (χ4v) is 3.72. The molecule has 0 spiro atoms. The van der Waals surface area contributed by atoms with E-state index in [2.05, 4.69) is 10.6 Å². The van der Waals surface area contributed by atoms with Gasteiger partial charge in [-0.3, -0.25) is 9.59 Å². The molecule has 132 valence electrons. The van der Waals surface area contributed by atoms with Crippen molar-refractivity contribution in [2.45, 2.75) is 24.8 Å². The Labute approximate surface area is 150 Å². The van der Waals surface area contributed by atoms with E-state index in [1.807, 2.05) is 30.3 Å². The van der Waals surface area contributed by atoms with E-state index >= 15 is 0 Å². The molecular weight excluding hydrogens is 348 g/mol. The largest absolute Gasteiger partial charge is 0.445 e. The van der Waals surface area contributed by atoms with Crippen molar-refractivity contribution in [1.29, 1.82) is 0 Å². The number of thioether (sulfide) groups is 2. The van der Waals surface area contributed by atoms with Crippen LogP contribution in [-0.4, -0.2) is 41.0 Å². The van der Waals surface area contributed by atoms with Gasteiger partial charge in [0.2, 0.25) is 11.0 Å². The van der Waals surface area contributed by atoms with Gasteiger partial charge in [-0.25, -0.2) is 4.79 Å². The van der Waals surface area contributed by atoms with Crippen molar-refractivity contribution in [3.63, 3.8) is 0 Å². The summed E-state index contributed by atoms with van der Waals surface area (Å²) in [5.41, 5.74) is 0.891. The van der Waals surface area contributed by atoms with Gasteiger partial charge in [-0.1, -0.05) is 42.1 Å². The topological polar surface area (TPSA) is 84.5 Å². The van der Waals surface area contributed by atoms with Crippen LogP contribution < -0.4 is 10.6 Å². The minimum atomic E-state index is -1.06. The second-order valence-corrected chi connectivity index (χ2v) is 6.83. The maximum atomic E-state index is 12.2. The summed E-state index contributed by atoms with van der Waals surface area (Å²) in [6.07, 6.45) is 3.12. The number of nitrogens with one attached hydrogen (secondary N) is 2. The first-order valence-corrected chi connectivity index (χ1v) is 9.75. The molecule has 1 atom stereocenters. The molecule has 0 aromatic heterocycles. The average Bonchev–Trinajstić information content (AvgIpc) is 2.58. The highest BCUT2D eigenvalue weighted by molar-refractivity contribution is 8.15. The molecule has 0 radical (unpaired) electrons. The van der Waals surface area contributed by atoms with Crippen LogP contribution in [-0.2, 0) is 20.9 Å². The highest BCUT2D eigenvalue weighted by atomic mass is 32.2. The molecule has 2 amide bonds. The molecule has 0 saturated heterocycles. The van der Waals surface area contributed by atoms with E-state index in [4.69, 9.17) is 4.74 Å². The first kappa shape index (κ1) is 20.4. The Hall–Kier alpha value is -1.67. The summed E-state index contributed by atoms with van der Waals surface area (Å²) in [5.74, 6) is -0.293. The summed E-state index contributed by atoms with van der Waals surface area (Å²) in [6, 6.07) is 9.34. The van der Waals surface area contributed by atoms with Gasteiger partial charge in [0.05, 0.1) is 0 Å². The van der Waals surface area contributed by atoms with Gasteiger partial charge in [0.15, 0.2) is 4.87 Å². The molecule has 0 fully saturated rings. The third-order valence-electron chi connectivity index (χ3n) is 3.20. The minimum Gasteiger partial charge on any atom is -0.445 e. The summed E-state index contributed by atoms with van der Waals surface area (Å²) in [4.78, 5) is 34.2. The lowest BCUT2D eigenvalue weighted by molar-refractivity contribution is -0.124. The van der Waals surface area contributed by atoms with Gasteiger partial charge >= 0.3 is 6.09 Å². The van der Waals surface area contributed by atoms with Gasteiger partial charge in [0, 0.05) is 19.9 Å². The third-order valence-corrected chi connectivity index (χ3v) is 5.24. The Morgan fingerprint density at radius 3 is 2.38 bits per heavy atom. The van der Waals surface area contributed by atoms with Crippen LogP contribution in [0.15, 0.2) is 30.3 Å². The van der Waals surface area contributed by atoms with E-state index in [0.717, 1.165) is 17.3 Å². The fraction of sp³-hybridized carbons (Fsp3) is 0.438. The fourth-order valence-electron chi connectivity index (χ4n) is 2.02. The number of carbonyl (C=O) groups is 3. The molecule has 1 aromatic carbocycles. The van der Waals surface area contributed by atoms with Crippen LogP contribution >= 0.6 is 23.5 Å². The molecule has 0 aliphatic rings. The Bertz CT molecular complexity index is 568. The molecule has 1 unspecified atom stereocenters. The quantitative estimate of drug-likeness (QED) is 0.684. The molecule has 0 aliphatic carbocycles. The maximum Gasteiger partial charge on any atom is 0.407 e. The normalized spacial score (nSPS) is 12.8. The molecule has 2 N–H and O–H groups in total. The number of ether oxygens (including phenoxy) is 1. The number of benzene rings is 1. The summed E-state index contributed by atoms with van der Waals surface area (Å²) < 4.78 is 5.11. The summed E-state index contributed by atoms with van der Waals surface area (Å²) in [5, 5.41) is 5.13. The Balaban J connectivity index is 2.50. The highest BCUT2D eigenvalue weighted by Gasteiger charge is 2.37. The molecule has 0 bridgehead atoms. The van der Waals surface area contributed by atoms with Crippen molar-refractivity contribution in [2.24, 2.45) is 0 Å². The van der Waals surface area contributed by atoms with Gasteiger partial charge in [-0.2, -0.15) is 0 Å². The van der Waals surface area contributed by atoms with E-state index in [1.165, 1.54) is 18.7 Å². The Kier molecular flexibility index (Phi) is 8.70. The molecule has 1 aromatic rings. The van der Waals surface area contributed by atoms with Crippen LogP contribution in [0.25, 0.3) is 0 Å². The monoisotopic (exact) mass is 370 g/mol. The SMILES string of the molecule is CSC(=O)C(CCNC(=O)OCc1ccccc1)(NC(C)=O)SC. The molecule has 0 saturated carbocycles. The van der Waals surface area contributed by atoms with Gasteiger partial charge in [-0.05, 0) is 18.1 Å². The average molecular weight is 370 g/mol. The number of amides is 2. The van der Waals surface area contributed by atoms with Gasteiger partial charge in [-0.15, -0.1) is 11.8 Å². The van der Waals surface area contributed by atoms with Crippen LogP contribution in [0.4, 0.5) is 4.79 Å². The Morgan fingerprint density at radius 1 is 1.17 bits per heavy atom. The van der Waals surface area contributed by atoms with E-state index in [1.54, 1.807) is 12.5 Å². The van der Waals surface area contributed by atoms with E-state index < -0.39 is 11.0 Å². The van der Waals surface area contributed by atoms with Gasteiger partial charge < -0.3 is 15.4 Å². The summed E-state index contributed by atoms with van der Waals surface area (Å²) in [7, 11) is 0. The van der Waals surface area contributed by atoms with Crippen molar-refractivity contribution in [2.75, 3.05) is 19.1 Å². The van der Waals surface area contributed by atoms with Gasteiger partial charge in [0.25, 0.3) is 0 Å². The lowest BCUT2D eigenvalue weighted by Crippen LogP contribution is -2.51. The number of alkyl carbamates (subject to hydrolysis) is 1. The lowest BCUT2D eigenvalue weighted by atomic mass is 10.2. The van der Waals surface area contributed by atoms with Crippen LogP contribution in [0.3, 0.4) is 0 Å². The second-order valence-electron chi connectivity index (χ2n) is 4.94. The zero-order chi connectivity index (χ0) is 18.0. The van der Waals surface area contributed by atoms with Crippen LogP contribution in [0.2, 0.25) is 0 Å². The molecule has 6 nitrogen and oxygen atoms in total. The standard InChI is InChI=1S/C16H22N2O4S2/c1-12(19)18-16(24-3,14(20)23-2)9-10-17-15(21)22-11-13-7-5-4-6-8-13/h4-8H,9-11H2,1-3H3,(H,17,21)(H,18,19). The molecule has 0 heterocycles. The zero-order valence-electron chi connectivity index (χ0n) is 14.0. The third kappa shape index (κ3) is 6.45.